The highest BCUT2D eigenvalue weighted by molar-refractivity contribution is 6.35. The highest BCUT2D eigenvalue weighted by Crippen LogP contribution is 2.21. The molecule has 2 amide bonds. The summed E-state index contributed by atoms with van der Waals surface area (Å²) in [5.74, 6) is -1.90. The van der Waals surface area contributed by atoms with E-state index in [0.29, 0.717) is 21.2 Å². The Balaban J connectivity index is 1.75. The van der Waals surface area contributed by atoms with E-state index >= 15 is 0 Å². The molecule has 0 saturated carbocycles. The molecule has 6 nitrogen and oxygen atoms in total. The number of benzene rings is 2. The van der Waals surface area contributed by atoms with Gasteiger partial charge in [0.1, 0.15) is 0 Å². The van der Waals surface area contributed by atoms with Crippen molar-refractivity contribution in [2.45, 2.75) is 0 Å². The van der Waals surface area contributed by atoms with Crippen molar-refractivity contribution < 1.29 is 19.1 Å². The first-order chi connectivity index (χ1) is 12.5. The molecule has 2 aromatic carbocycles. The van der Waals surface area contributed by atoms with Gasteiger partial charge in [0.2, 0.25) is 0 Å². The van der Waals surface area contributed by atoms with Crippen LogP contribution in [0.1, 0.15) is 15.9 Å². The number of ether oxygens (including phenoxy) is 1. The van der Waals surface area contributed by atoms with E-state index in [9.17, 15) is 14.4 Å². The minimum atomic E-state index is -0.736. The molecule has 0 atom stereocenters. The molecule has 0 aliphatic carbocycles. The maximum absolute atomic E-state index is 11.7. The maximum Gasteiger partial charge on any atom is 0.331 e. The van der Waals surface area contributed by atoms with Gasteiger partial charge in [0.05, 0.1) is 0 Å². The Morgan fingerprint density at radius 2 is 1.73 bits per heavy atom. The summed E-state index contributed by atoms with van der Waals surface area (Å²) in [6, 6.07) is 13.1. The van der Waals surface area contributed by atoms with Crippen molar-refractivity contribution in [2.24, 2.45) is 0 Å². The second-order valence-corrected chi connectivity index (χ2v) is 5.82. The fourth-order valence-corrected chi connectivity index (χ4v) is 2.28. The number of esters is 1. The lowest BCUT2D eigenvalue weighted by molar-refractivity contribution is -0.144. The minimum Gasteiger partial charge on any atom is -0.452 e. The molecule has 2 rings (SSSR count). The molecule has 0 fully saturated rings. The predicted molar refractivity (Wildman–Crippen MR) is 98.5 cm³/mol. The van der Waals surface area contributed by atoms with Gasteiger partial charge in [0.25, 0.3) is 11.8 Å². The molecule has 8 heteroatoms. The van der Waals surface area contributed by atoms with Crippen molar-refractivity contribution in [3.8, 4) is 0 Å². The van der Waals surface area contributed by atoms with Gasteiger partial charge < -0.3 is 4.74 Å². The Morgan fingerprint density at radius 1 is 1.00 bits per heavy atom. The number of hydrogen-bond acceptors (Lipinski definition) is 4. The molecule has 0 saturated heterocycles. The van der Waals surface area contributed by atoms with Crippen LogP contribution in [0.25, 0.3) is 6.08 Å². The van der Waals surface area contributed by atoms with E-state index in [-0.39, 0.29) is 0 Å². The lowest BCUT2D eigenvalue weighted by Crippen LogP contribution is -2.43. The summed E-state index contributed by atoms with van der Waals surface area (Å²) in [4.78, 5) is 34.9. The Kier molecular flexibility index (Phi) is 7.20. The molecule has 0 radical (unpaired) electrons. The molecule has 134 valence electrons. The highest BCUT2D eigenvalue weighted by atomic mass is 35.5. The van der Waals surface area contributed by atoms with E-state index in [1.165, 1.54) is 12.1 Å². The van der Waals surface area contributed by atoms with Crippen LogP contribution in [-0.2, 0) is 14.3 Å². The number of hydrogen-bond donors (Lipinski definition) is 2. The second-order valence-electron chi connectivity index (χ2n) is 4.98. The molecule has 0 heterocycles. The number of amides is 2. The minimum absolute atomic E-state index is 0.378. The van der Waals surface area contributed by atoms with E-state index in [1.54, 1.807) is 42.5 Å². The van der Waals surface area contributed by atoms with Gasteiger partial charge in [-0.3, -0.25) is 20.4 Å². The zero-order chi connectivity index (χ0) is 18.9. The molecular formula is C18H14Cl2N2O4. The summed E-state index contributed by atoms with van der Waals surface area (Å²) in [6.45, 7) is -0.549. The van der Waals surface area contributed by atoms with Crippen LogP contribution in [0.2, 0.25) is 10.0 Å². The zero-order valence-corrected chi connectivity index (χ0v) is 14.9. The van der Waals surface area contributed by atoms with Crippen LogP contribution in [0.4, 0.5) is 0 Å². The normalized spacial score (nSPS) is 10.4. The molecule has 0 aliphatic heterocycles. The van der Waals surface area contributed by atoms with Crippen molar-refractivity contribution in [2.75, 3.05) is 6.61 Å². The van der Waals surface area contributed by atoms with Crippen LogP contribution in [0.15, 0.2) is 54.6 Å². The molecule has 0 spiro atoms. The first kappa shape index (κ1) is 19.5. The van der Waals surface area contributed by atoms with Gasteiger partial charge >= 0.3 is 5.97 Å². The predicted octanol–water partition coefficient (Wildman–Crippen LogP) is 3.01. The Bertz CT molecular complexity index is 838. The average Bonchev–Trinajstić information content (AvgIpc) is 2.64. The van der Waals surface area contributed by atoms with Crippen molar-refractivity contribution in [1.29, 1.82) is 0 Å². The topological polar surface area (TPSA) is 84.5 Å². The van der Waals surface area contributed by atoms with Gasteiger partial charge in [-0.05, 0) is 35.9 Å². The Labute approximate surface area is 159 Å². The van der Waals surface area contributed by atoms with Gasteiger partial charge in [0.15, 0.2) is 6.61 Å². The summed E-state index contributed by atoms with van der Waals surface area (Å²) in [7, 11) is 0. The van der Waals surface area contributed by atoms with Crippen LogP contribution >= 0.6 is 23.2 Å². The molecule has 0 bridgehead atoms. The average molecular weight is 393 g/mol. The van der Waals surface area contributed by atoms with Crippen LogP contribution in [0.3, 0.4) is 0 Å². The Hall–Kier alpha value is -2.83. The maximum atomic E-state index is 11.7. The molecule has 2 aromatic rings. The quantitative estimate of drug-likeness (QED) is 0.465. The SMILES string of the molecule is O=C(COC(=O)/C=C/c1ccc(Cl)cc1Cl)NNC(=O)c1ccccc1. The summed E-state index contributed by atoms with van der Waals surface area (Å²) in [5, 5.41) is 0.854. The molecule has 0 aromatic heterocycles. The fraction of sp³-hybridized carbons (Fsp3) is 0.0556. The number of carbonyl (C=O) groups is 3. The molecular weight excluding hydrogens is 379 g/mol. The standard InChI is InChI=1S/C18H14Cl2N2O4/c19-14-8-6-12(15(20)10-14)7-9-17(24)26-11-16(23)21-22-18(25)13-4-2-1-3-5-13/h1-10H,11H2,(H,21,23)(H,22,25)/b9-7+. The molecule has 0 aliphatic rings. The lowest BCUT2D eigenvalue weighted by atomic mass is 10.2. The smallest absolute Gasteiger partial charge is 0.331 e. The number of carbonyl (C=O) groups excluding carboxylic acids is 3. The van der Waals surface area contributed by atoms with Crippen LogP contribution in [-0.4, -0.2) is 24.4 Å². The van der Waals surface area contributed by atoms with Gasteiger partial charge in [-0.15, -0.1) is 0 Å². The van der Waals surface area contributed by atoms with Crippen LogP contribution in [0.5, 0.6) is 0 Å². The zero-order valence-electron chi connectivity index (χ0n) is 13.4. The van der Waals surface area contributed by atoms with Crippen LogP contribution in [0, 0.1) is 0 Å². The molecule has 2 N–H and O–H groups in total. The van der Waals surface area contributed by atoms with E-state index < -0.39 is 24.4 Å². The lowest BCUT2D eigenvalue weighted by Gasteiger charge is -2.07. The summed E-state index contributed by atoms with van der Waals surface area (Å²) in [6.07, 6.45) is 2.57. The highest BCUT2D eigenvalue weighted by Gasteiger charge is 2.08. The third kappa shape index (κ3) is 6.23. The van der Waals surface area contributed by atoms with Gasteiger partial charge in [-0.1, -0.05) is 47.5 Å². The first-order valence-corrected chi connectivity index (χ1v) is 8.15. The summed E-state index contributed by atoms with van der Waals surface area (Å²) in [5.41, 5.74) is 5.32. The number of hydrazine groups is 1. The second kappa shape index (κ2) is 9.60. The third-order valence-electron chi connectivity index (χ3n) is 3.06. The van der Waals surface area contributed by atoms with E-state index in [0.717, 1.165) is 6.08 Å². The third-order valence-corrected chi connectivity index (χ3v) is 3.62. The first-order valence-electron chi connectivity index (χ1n) is 7.40. The number of nitrogens with one attached hydrogen (secondary N) is 2. The van der Waals surface area contributed by atoms with Crippen LogP contribution < -0.4 is 10.9 Å². The number of rotatable bonds is 5. The summed E-state index contributed by atoms with van der Waals surface area (Å²) < 4.78 is 4.77. The molecule has 0 unspecified atom stereocenters. The van der Waals surface area contributed by atoms with E-state index in [1.807, 2.05) is 0 Å². The monoisotopic (exact) mass is 392 g/mol. The van der Waals surface area contributed by atoms with E-state index in [4.69, 9.17) is 27.9 Å². The Morgan fingerprint density at radius 3 is 2.42 bits per heavy atom. The molecule has 26 heavy (non-hydrogen) atoms. The van der Waals surface area contributed by atoms with E-state index in [2.05, 4.69) is 10.9 Å². The van der Waals surface area contributed by atoms with Gasteiger partial charge in [-0.25, -0.2) is 4.79 Å². The largest absolute Gasteiger partial charge is 0.452 e. The number of halogens is 2. The fourth-order valence-electron chi connectivity index (χ4n) is 1.80. The van der Waals surface area contributed by atoms with Crippen molar-refractivity contribution in [1.82, 2.24) is 10.9 Å². The van der Waals surface area contributed by atoms with Crippen molar-refractivity contribution >= 4 is 47.1 Å². The van der Waals surface area contributed by atoms with Gasteiger partial charge in [-0.2, -0.15) is 0 Å². The summed E-state index contributed by atoms with van der Waals surface area (Å²) >= 11 is 11.8. The van der Waals surface area contributed by atoms with Gasteiger partial charge in [0, 0.05) is 21.7 Å². The van der Waals surface area contributed by atoms with Crippen molar-refractivity contribution in [3.05, 3.63) is 75.8 Å². The van der Waals surface area contributed by atoms with Crippen molar-refractivity contribution in [3.63, 3.8) is 0 Å².